The summed E-state index contributed by atoms with van der Waals surface area (Å²) in [5.41, 5.74) is 5.92. The number of amides is 2. The number of ether oxygens (including phenoxy) is 2. The Kier molecular flexibility index (Phi) is 6.10. The normalized spacial score (nSPS) is 10.4. The molecule has 3 N–H and O–H groups in total. The summed E-state index contributed by atoms with van der Waals surface area (Å²) in [6.45, 7) is 0. The van der Waals surface area contributed by atoms with Gasteiger partial charge in [0.05, 0.1) is 30.4 Å². The van der Waals surface area contributed by atoms with Gasteiger partial charge in [-0.25, -0.2) is 0 Å². The molecule has 0 bridgehead atoms. The predicted molar refractivity (Wildman–Crippen MR) is 98.8 cm³/mol. The largest absolute Gasteiger partial charge is 0.493 e. The van der Waals surface area contributed by atoms with Crippen LogP contribution in [0.25, 0.3) is 6.08 Å². The second kappa shape index (κ2) is 8.48. The zero-order chi connectivity index (χ0) is 20.0. The number of benzene rings is 2. The smallest absolute Gasteiger partial charge is 0.270 e. The van der Waals surface area contributed by atoms with Crippen molar-refractivity contribution in [1.82, 2.24) is 0 Å². The lowest BCUT2D eigenvalue weighted by atomic mass is 10.1. The lowest BCUT2D eigenvalue weighted by molar-refractivity contribution is -0.384. The average molecular weight is 371 g/mol. The van der Waals surface area contributed by atoms with Crippen molar-refractivity contribution in [2.24, 2.45) is 5.73 Å². The SMILES string of the molecule is COc1cc(NC(=O)/C=C/c2cccc([N+](=O)[O-])c2)c(C(N)=O)cc1OC. The standard InChI is InChI=1S/C18H17N3O6/c1-26-15-9-13(18(19)23)14(10-16(15)27-2)20-17(22)7-6-11-4-3-5-12(8-11)21(24)25/h3-10H,1-2H3,(H2,19,23)(H,20,22)/b7-6+. The zero-order valence-electron chi connectivity index (χ0n) is 14.6. The molecule has 2 amide bonds. The third kappa shape index (κ3) is 4.82. The highest BCUT2D eigenvalue weighted by Gasteiger charge is 2.16. The molecule has 0 saturated carbocycles. The molecule has 9 heteroatoms. The van der Waals surface area contributed by atoms with Gasteiger partial charge in [-0.15, -0.1) is 0 Å². The van der Waals surface area contributed by atoms with Gasteiger partial charge in [0.15, 0.2) is 11.5 Å². The molecule has 27 heavy (non-hydrogen) atoms. The molecule has 0 aliphatic carbocycles. The highest BCUT2D eigenvalue weighted by atomic mass is 16.6. The molecule has 0 aromatic heterocycles. The molecule has 0 aliphatic rings. The molecule has 0 saturated heterocycles. The average Bonchev–Trinajstić information content (AvgIpc) is 2.65. The third-order valence-electron chi connectivity index (χ3n) is 3.56. The van der Waals surface area contributed by atoms with Crippen LogP contribution < -0.4 is 20.5 Å². The minimum absolute atomic E-state index is 0.0461. The fourth-order valence-electron chi connectivity index (χ4n) is 2.27. The molecule has 9 nitrogen and oxygen atoms in total. The van der Waals surface area contributed by atoms with Crippen molar-refractivity contribution in [3.63, 3.8) is 0 Å². The summed E-state index contributed by atoms with van der Waals surface area (Å²) in [7, 11) is 2.82. The van der Waals surface area contributed by atoms with Crippen molar-refractivity contribution >= 4 is 29.3 Å². The van der Waals surface area contributed by atoms with Gasteiger partial charge in [-0.2, -0.15) is 0 Å². The fraction of sp³-hybridized carbons (Fsp3) is 0.111. The number of nitro benzene ring substituents is 1. The predicted octanol–water partition coefficient (Wildman–Crippen LogP) is 2.36. The molecule has 0 spiro atoms. The monoisotopic (exact) mass is 371 g/mol. The van der Waals surface area contributed by atoms with Crippen molar-refractivity contribution in [3.8, 4) is 11.5 Å². The van der Waals surface area contributed by atoms with Crippen LogP contribution in [0.2, 0.25) is 0 Å². The van der Waals surface area contributed by atoms with Crippen molar-refractivity contribution in [2.45, 2.75) is 0 Å². The highest BCUT2D eigenvalue weighted by molar-refractivity contribution is 6.07. The van der Waals surface area contributed by atoms with Gasteiger partial charge in [0.2, 0.25) is 5.91 Å². The minimum atomic E-state index is -0.756. The molecule has 2 aromatic rings. The molecule has 0 aliphatic heterocycles. The summed E-state index contributed by atoms with van der Waals surface area (Å²) in [4.78, 5) is 34.1. The van der Waals surface area contributed by atoms with Crippen LogP contribution in [0.5, 0.6) is 11.5 Å². The van der Waals surface area contributed by atoms with Crippen LogP contribution in [0.1, 0.15) is 15.9 Å². The number of methoxy groups -OCH3 is 2. The second-order valence-corrected chi connectivity index (χ2v) is 5.29. The number of hydrogen-bond donors (Lipinski definition) is 2. The molecule has 0 unspecified atom stereocenters. The third-order valence-corrected chi connectivity index (χ3v) is 3.56. The number of anilines is 1. The van der Waals surface area contributed by atoms with Gasteiger partial charge < -0.3 is 20.5 Å². The van der Waals surface area contributed by atoms with Crippen LogP contribution in [0, 0.1) is 10.1 Å². The van der Waals surface area contributed by atoms with Crippen LogP contribution in [-0.2, 0) is 4.79 Å². The van der Waals surface area contributed by atoms with Crippen molar-refractivity contribution < 1.29 is 24.0 Å². The molecular weight excluding hydrogens is 354 g/mol. The van der Waals surface area contributed by atoms with Crippen molar-refractivity contribution in [2.75, 3.05) is 19.5 Å². The number of nitrogens with one attached hydrogen (secondary N) is 1. The molecule has 0 radical (unpaired) electrons. The van der Waals surface area contributed by atoms with E-state index in [9.17, 15) is 19.7 Å². The van der Waals surface area contributed by atoms with E-state index in [2.05, 4.69) is 5.32 Å². The number of non-ortho nitro benzene ring substituents is 1. The van der Waals surface area contributed by atoms with E-state index >= 15 is 0 Å². The van der Waals surface area contributed by atoms with Crippen LogP contribution in [0.3, 0.4) is 0 Å². The lowest BCUT2D eigenvalue weighted by Crippen LogP contribution is -2.17. The first kappa shape index (κ1) is 19.4. The Labute approximate surface area is 154 Å². The van der Waals surface area contributed by atoms with E-state index < -0.39 is 16.7 Å². The number of carbonyl (C=O) groups is 2. The Bertz CT molecular complexity index is 923. The van der Waals surface area contributed by atoms with E-state index in [0.717, 1.165) is 0 Å². The van der Waals surface area contributed by atoms with Crippen molar-refractivity contribution in [1.29, 1.82) is 0 Å². The number of carbonyl (C=O) groups excluding carboxylic acids is 2. The molecular formula is C18H17N3O6. The summed E-state index contributed by atoms with van der Waals surface area (Å²) < 4.78 is 10.3. The number of hydrogen-bond acceptors (Lipinski definition) is 6. The van der Waals surface area contributed by atoms with Crippen LogP contribution in [-0.4, -0.2) is 31.0 Å². The number of nitrogens with two attached hydrogens (primary N) is 1. The van der Waals surface area contributed by atoms with Crippen molar-refractivity contribution in [3.05, 3.63) is 63.7 Å². The van der Waals surface area contributed by atoms with Gasteiger partial charge in [0.25, 0.3) is 11.6 Å². The first-order valence-corrected chi connectivity index (χ1v) is 7.65. The Balaban J connectivity index is 2.25. The maximum Gasteiger partial charge on any atom is 0.270 e. The molecule has 0 atom stereocenters. The summed E-state index contributed by atoms with van der Waals surface area (Å²) in [5, 5.41) is 13.3. The quantitative estimate of drug-likeness (QED) is 0.436. The van der Waals surface area contributed by atoms with Gasteiger partial charge in [-0.1, -0.05) is 12.1 Å². The van der Waals surface area contributed by atoms with Gasteiger partial charge in [0.1, 0.15) is 0 Å². The van der Waals surface area contributed by atoms with Gasteiger partial charge >= 0.3 is 0 Å². The first-order chi connectivity index (χ1) is 12.8. The molecule has 0 heterocycles. The van der Waals surface area contributed by atoms with E-state index in [1.807, 2.05) is 0 Å². The maximum absolute atomic E-state index is 12.2. The fourth-order valence-corrected chi connectivity index (χ4v) is 2.27. The minimum Gasteiger partial charge on any atom is -0.493 e. The second-order valence-electron chi connectivity index (χ2n) is 5.29. The Morgan fingerprint density at radius 2 is 1.81 bits per heavy atom. The maximum atomic E-state index is 12.2. The Morgan fingerprint density at radius 3 is 2.41 bits per heavy atom. The van der Waals surface area contributed by atoms with E-state index in [4.69, 9.17) is 15.2 Å². The van der Waals surface area contributed by atoms with E-state index in [0.29, 0.717) is 11.3 Å². The van der Waals surface area contributed by atoms with E-state index in [1.165, 1.54) is 56.7 Å². The molecule has 0 fully saturated rings. The van der Waals surface area contributed by atoms with Crippen LogP contribution in [0.4, 0.5) is 11.4 Å². The van der Waals surface area contributed by atoms with Crippen LogP contribution >= 0.6 is 0 Å². The number of primary amides is 1. The number of nitrogens with zero attached hydrogens (tertiary/aromatic N) is 1. The van der Waals surface area contributed by atoms with Gasteiger partial charge in [-0.3, -0.25) is 19.7 Å². The van der Waals surface area contributed by atoms with E-state index in [1.54, 1.807) is 6.07 Å². The summed E-state index contributed by atoms with van der Waals surface area (Å²) in [6.07, 6.45) is 2.59. The Morgan fingerprint density at radius 1 is 1.15 bits per heavy atom. The Hall–Kier alpha value is -3.88. The summed E-state index contributed by atoms with van der Waals surface area (Å²) in [6, 6.07) is 8.57. The topological polar surface area (TPSA) is 134 Å². The lowest BCUT2D eigenvalue weighted by Gasteiger charge is -2.13. The van der Waals surface area contributed by atoms with Gasteiger partial charge in [-0.05, 0) is 17.7 Å². The first-order valence-electron chi connectivity index (χ1n) is 7.65. The summed E-state index contributed by atoms with van der Waals surface area (Å²) >= 11 is 0. The highest BCUT2D eigenvalue weighted by Crippen LogP contribution is 2.33. The zero-order valence-corrected chi connectivity index (χ0v) is 14.6. The van der Waals surface area contributed by atoms with Crippen LogP contribution in [0.15, 0.2) is 42.5 Å². The van der Waals surface area contributed by atoms with E-state index in [-0.39, 0.29) is 22.7 Å². The van der Waals surface area contributed by atoms with Gasteiger partial charge in [0, 0.05) is 24.3 Å². The summed E-state index contributed by atoms with van der Waals surface area (Å²) in [5.74, 6) is -0.720. The number of nitro groups is 1. The molecule has 2 aromatic carbocycles. The number of rotatable bonds is 7. The molecule has 140 valence electrons. The molecule has 2 rings (SSSR count).